The van der Waals surface area contributed by atoms with Crippen molar-refractivity contribution < 1.29 is 5.11 Å². The summed E-state index contributed by atoms with van der Waals surface area (Å²) in [4.78, 5) is 4.24. The molecule has 0 fully saturated rings. The SMILES string of the molecule is CCCn1nccc1C(O)c1ncccc1C. The van der Waals surface area contributed by atoms with Crippen molar-refractivity contribution in [3.8, 4) is 0 Å². The Bertz CT molecular complexity index is 493. The zero-order valence-corrected chi connectivity index (χ0v) is 10.2. The Morgan fingerprint density at radius 2 is 2.18 bits per heavy atom. The van der Waals surface area contributed by atoms with Gasteiger partial charge < -0.3 is 5.11 Å². The van der Waals surface area contributed by atoms with E-state index in [9.17, 15) is 5.11 Å². The number of hydrogen-bond donors (Lipinski definition) is 1. The lowest BCUT2D eigenvalue weighted by molar-refractivity contribution is 0.202. The van der Waals surface area contributed by atoms with Gasteiger partial charge in [-0.3, -0.25) is 9.67 Å². The molecule has 0 amide bonds. The fourth-order valence-corrected chi connectivity index (χ4v) is 1.90. The number of pyridine rings is 1. The molecule has 1 atom stereocenters. The maximum absolute atomic E-state index is 10.3. The van der Waals surface area contributed by atoms with Crippen LogP contribution in [0, 0.1) is 6.92 Å². The van der Waals surface area contributed by atoms with Gasteiger partial charge in [-0.15, -0.1) is 0 Å². The monoisotopic (exact) mass is 231 g/mol. The Labute approximate surface area is 101 Å². The minimum Gasteiger partial charge on any atom is -0.380 e. The van der Waals surface area contributed by atoms with Crippen molar-refractivity contribution in [1.29, 1.82) is 0 Å². The number of aliphatic hydroxyl groups is 1. The smallest absolute Gasteiger partial charge is 0.138 e. The molecule has 1 unspecified atom stereocenters. The van der Waals surface area contributed by atoms with E-state index < -0.39 is 6.10 Å². The van der Waals surface area contributed by atoms with Crippen LogP contribution >= 0.6 is 0 Å². The highest BCUT2D eigenvalue weighted by Crippen LogP contribution is 2.22. The molecule has 0 aromatic carbocycles. The molecule has 0 spiro atoms. The summed E-state index contributed by atoms with van der Waals surface area (Å²) in [6, 6.07) is 5.66. The normalized spacial score (nSPS) is 12.6. The highest BCUT2D eigenvalue weighted by Gasteiger charge is 2.17. The third-order valence-corrected chi connectivity index (χ3v) is 2.77. The van der Waals surface area contributed by atoms with E-state index in [0.29, 0.717) is 5.69 Å². The number of aliphatic hydroxyl groups excluding tert-OH is 1. The first-order valence-electron chi connectivity index (χ1n) is 5.85. The summed E-state index contributed by atoms with van der Waals surface area (Å²) in [5.41, 5.74) is 2.49. The van der Waals surface area contributed by atoms with Gasteiger partial charge in [0.2, 0.25) is 0 Å². The molecular weight excluding hydrogens is 214 g/mol. The summed E-state index contributed by atoms with van der Waals surface area (Å²) in [7, 11) is 0. The van der Waals surface area contributed by atoms with E-state index in [1.54, 1.807) is 12.4 Å². The second-order valence-corrected chi connectivity index (χ2v) is 4.09. The Hall–Kier alpha value is -1.68. The molecule has 90 valence electrons. The molecule has 1 N–H and O–H groups in total. The van der Waals surface area contributed by atoms with Gasteiger partial charge in [-0.25, -0.2) is 0 Å². The third-order valence-electron chi connectivity index (χ3n) is 2.77. The topological polar surface area (TPSA) is 50.9 Å². The highest BCUT2D eigenvalue weighted by atomic mass is 16.3. The van der Waals surface area contributed by atoms with Crippen LogP contribution in [-0.2, 0) is 6.54 Å². The lowest BCUT2D eigenvalue weighted by atomic mass is 10.1. The quantitative estimate of drug-likeness (QED) is 0.876. The summed E-state index contributed by atoms with van der Waals surface area (Å²) in [6.07, 6.45) is 3.70. The molecular formula is C13H17N3O. The van der Waals surface area contributed by atoms with Crippen LogP contribution < -0.4 is 0 Å². The Kier molecular flexibility index (Phi) is 3.54. The minimum atomic E-state index is -0.703. The van der Waals surface area contributed by atoms with Crippen molar-refractivity contribution in [2.24, 2.45) is 0 Å². The van der Waals surface area contributed by atoms with Gasteiger partial charge in [0.15, 0.2) is 0 Å². The lowest BCUT2D eigenvalue weighted by Crippen LogP contribution is -2.12. The second-order valence-electron chi connectivity index (χ2n) is 4.09. The van der Waals surface area contributed by atoms with Crippen LogP contribution in [-0.4, -0.2) is 19.9 Å². The van der Waals surface area contributed by atoms with Crippen molar-refractivity contribution in [2.75, 3.05) is 0 Å². The third kappa shape index (κ3) is 2.36. The summed E-state index contributed by atoms with van der Waals surface area (Å²) in [5.74, 6) is 0. The molecule has 2 rings (SSSR count). The molecule has 0 saturated carbocycles. The summed E-state index contributed by atoms with van der Waals surface area (Å²) in [6.45, 7) is 4.85. The minimum absolute atomic E-state index is 0.699. The van der Waals surface area contributed by atoms with Crippen LogP contribution in [0.2, 0.25) is 0 Å². The van der Waals surface area contributed by atoms with Crippen LogP contribution in [0.15, 0.2) is 30.6 Å². The average Bonchev–Trinajstić information content (AvgIpc) is 2.78. The Morgan fingerprint density at radius 1 is 1.35 bits per heavy atom. The summed E-state index contributed by atoms with van der Waals surface area (Å²) >= 11 is 0. The van der Waals surface area contributed by atoms with Crippen molar-refractivity contribution in [2.45, 2.75) is 32.9 Å². The van der Waals surface area contributed by atoms with E-state index >= 15 is 0 Å². The molecule has 2 heterocycles. The fraction of sp³-hybridized carbons (Fsp3) is 0.385. The molecule has 2 aromatic heterocycles. The van der Waals surface area contributed by atoms with Gasteiger partial charge in [-0.1, -0.05) is 13.0 Å². The van der Waals surface area contributed by atoms with Crippen molar-refractivity contribution in [3.63, 3.8) is 0 Å². The van der Waals surface area contributed by atoms with E-state index in [1.807, 2.05) is 29.8 Å². The molecule has 0 bridgehead atoms. The first-order chi connectivity index (χ1) is 8.24. The number of aryl methyl sites for hydroxylation is 2. The van der Waals surface area contributed by atoms with Crippen LogP contribution in [0.5, 0.6) is 0 Å². The van der Waals surface area contributed by atoms with Crippen molar-refractivity contribution in [3.05, 3.63) is 47.5 Å². The standard InChI is InChI=1S/C13H17N3O/c1-3-9-16-11(6-8-15-16)13(17)12-10(2)5-4-7-14-12/h4-8,13,17H,3,9H2,1-2H3. The zero-order chi connectivity index (χ0) is 12.3. The Morgan fingerprint density at radius 3 is 2.88 bits per heavy atom. The summed E-state index contributed by atoms with van der Waals surface area (Å²) < 4.78 is 1.83. The molecule has 17 heavy (non-hydrogen) atoms. The van der Waals surface area contributed by atoms with Gasteiger partial charge >= 0.3 is 0 Å². The van der Waals surface area contributed by atoms with Crippen molar-refractivity contribution in [1.82, 2.24) is 14.8 Å². The van der Waals surface area contributed by atoms with Crippen LogP contribution in [0.25, 0.3) is 0 Å². The molecule has 0 aliphatic heterocycles. The fourth-order valence-electron chi connectivity index (χ4n) is 1.90. The van der Waals surface area contributed by atoms with Gasteiger partial charge in [0.05, 0.1) is 11.4 Å². The number of aromatic nitrogens is 3. The predicted octanol–water partition coefficient (Wildman–Crippen LogP) is 2.08. The van der Waals surface area contributed by atoms with Crippen molar-refractivity contribution >= 4 is 0 Å². The van der Waals surface area contributed by atoms with E-state index in [4.69, 9.17) is 0 Å². The van der Waals surface area contributed by atoms with E-state index in [-0.39, 0.29) is 0 Å². The number of nitrogens with zero attached hydrogens (tertiary/aromatic N) is 3. The summed E-state index contributed by atoms with van der Waals surface area (Å²) in [5, 5.41) is 14.6. The predicted molar refractivity (Wildman–Crippen MR) is 65.6 cm³/mol. The maximum Gasteiger partial charge on any atom is 0.138 e. The number of rotatable bonds is 4. The first-order valence-corrected chi connectivity index (χ1v) is 5.85. The van der Waals surface area contributed by atoms with Crippen LogP contribution in [0.4, 0.5) is 0 Å². The number of hydrogen-bond acceptors (Lipinski definition) is 3. The average molecular weight is 231 g/mol. The largest absolute Gasteiger partial charge is 0.380 e. The Balaban J connectivity index is 2.34. The van der Waals surface area contributed by atoms with E-state index in [0.717, 1.165) is 24.2 Å². The van der Waals surface area contributed by atoms with Gasteiger partial charge in [-0.2, -0.15) is 5.10 Å². The maximum atomic E-state index is 10.3. The van der Waals surface area contributed by atoms with E-state index in [1.165, 1.54) is 0 Å². The first kappa shape index (κ1) is 11.8. The van der Waals surface area contributed by atoms with Crippen LogP contribution in [0.1, 0.15) is 36.4 Å². The van der Waals surface area contributed by atoms with E-state index in [2.05, 4.69) is 17.0 Å². The van der Waals surface area contributed by atoms with Crippen LogP contribution in [0.3, 0.4) is 0 Å². The molecule has 0 radical (unpaired) electrons. The lowest BCUT2D eigenvalue weighted by Gasteiger charge is -2.14. The zero-order valence-electron chi connectivity index (χ0n) is 10.2. The second kappa shape index (κ2) is 5.10. The molecule has 0 saturated heterocycles. The van der Waals surface area contributed by atoms with Gasteiger partial charge in [0, 0.05) is 18.9 Å². The van der Waals surface area contributed by atoms with Gasteiger partial charge in [0.25, 0.3) is 0 Å². The van der Waals surface area contributed by atoms with Gasteiger partial charge in [0.1, 0.15) is 6.10 Å². The molecule has 0 aliphatic carbocycles. The molecule has 4 nitrogen and oxygen atoms in total. The molecule has 0 aliphatic rings. The highest BCUT2D eigenvalue weighted by molar-refractivity contribution is 5.26. The molecule has 2 aromatic rings. The van der Waals surface area contributed by atoms with Gasteiger partial charge in [-0.05, 0) is 31.0 Å². The molecule has 4 heteroatoms.